The summed E-state index contributed by atoms with van der Waals surface area (Å²) in [5.41, 5.74) is 38.8. The molecule has 0 aromatic heterocycles. The molecule has 0 heterocycles. The quantitative estimate of drug-likeness (QED) is 0.0353. The summed E-state index contributed by atoms with van der Waals surface area (Å²) in [5.74, 6) is -3.66. The molecule has 250 valence electrons. The monoisotopic (exact) mass is 633 g/mol. The zero-order chi connectivity index (χ0) is 33.8. The third kappa shape index (κ3) is 16.9. The third-order valence-electron chi connectivity index (χ3n) is 6.36. The summed E-state index contributed by atoms with van der Waals surface area (Å²) in [4.78, 5) is 63.3. The SMILES string of the molecule is NC(N)=NCCCC(N)C(=O)NC(CCCN=C(N)N)C(=O)NC(CCCN=C(N)N)C(=O)NC(Cc1ccccc1)C(=O)O. The van der Waals surface area contributed by atoms with Crippen LogP contribution in [0.5, 0.6) is 0 Å². The lowest BCUT2D eigenvalue weighted by Gasteiger charge is -2.25. The second kappa shape index (κ2) is 20.7. The lowest BCUT2D eigenvalue weighted by molar-refractivity contribution is -0.142. The average molecular weight is 634 g/mol. The summed E-state index contributed by atoms with van der Waals surface area (Å²) >= 11 is 0. The minimum atomic E-state index is -1.27. The Balaban J connectivity index is 3.10. The summed E-state index contributed by atoms with van der Waals surface area (Å²) < 4.78 is 0. The van der Waals surface area contributed by atoms with E-state index in [9.17, 15) is 24.3 Å². The standard InChI is InChI=1S/C27H47N13O5/c28-17(9-4-12-35-25(29)30)21(41)38-18(10-5-13-36-26(31)32)22(42)39-19(11-6-14-37-27(33)34)23(43)40-20(24(44)45)15-16-7-2-1-3-8-16/h1-3,7-8,17-20H,4-6,9-15,28H2,(H,38,41)(H,39,42)(H,40,43)(H,44,45)(H4,29,30,35)(H4,31,32,36)(H4,33,34,37). The molecule has 1 aromatic carbocycles. The molecule has 0 saturated heterocycles. The minimum absolute atomic E-state index is 0.0150. The Labute approximate surface area is 261 Å². The fourth-order valence-corrected chi connectivity index (χ4v) is 4.07. The number of carboxylic acid groups (broad SMARTS) is 1. The van der Waals surface area contributed by atoms with Crippen LogP contribution in [0.2, 0.25) is 0 Å². The first kappa shape index (κ1) is 37.9. The zero-order valence-corrected chi connectivity index (χ0v) is 25.2. The fourth-order valence-electron chi connectivity index (χ4n) is 4.07. The van der Waals surface area contributed by atoms with Gasteiger partial charge in [0.15, 0.2) is 17.9 Å². The Hall–Kier alpha value is -5.13. The number of carboxylic acids is 1. The molecule has 18 N–H and O–H groups in total. The maximum Gasteiger partial charge on any atom is 0.326 e. The van der Waals surface area contributed by atoms with Gasteiger partial charge in [-0.25, -0.2) is 4.79 Å². The topological polar surface area (TPSA) is 344 Å². The summed E-state index contributed by atoms with van der Waals surface area (Å²) in [5, 5.41) is 17.5. The van der Waals surface area contributed by atoms with Crippen LogP contribution in [0.3, 0.4) is 0 Å². The number of nitrogens with zero attached hydrogens (tertiary/aromatic N) is 3. The highest BCUT2D eigenvalue weighted by molar-refractivity contribution is 5.94. The molecule has 0 bridgehead atoms. The van der Waals surface area contributed by atoms with E-state index in [2.05, 4.69) is 30.9 Å². The van der Waals surface area contributed by atoms with Crippen LogP contribution >= 0.6 is 0 Å². The van der Waals surface area contributed by atoms with Crippen LogP contribution in [0.4, 0.5) is 0 Å². The van der Waals surface area contributed by atoms with Crippen LogP contribution in [-0.2, 0) is 25.6 Å². The molecular formula is C27H47N13O5. The van der Waals surface area contributed by atoms with Gasteiger partial charge in [-0.3, -0.25) is 29.4 Å². The number of amides is 3. The molecule has 0 aliphatic rings. The number of rotatable bonds is 21. The van der Waals surface area contributed by atoms with Crippen molar-refractivity contribution in [3.8, 4) is 0 Å². The summed E-state index contributed by atoms with van der Waals surface area (Å²) in [6.07, 6.45) is 1.40. The number of hydrogen-bond acceptors (Lipinski definition) is 8. The Morgan fingerprint density at radius 2 is 1.02 bits per heavy atom. The van der Waals surface area contributed by atoms with Crippen molar-refractivity contribution in [2.24, 2.45) is 55.1 Å². The van der Waals surface area contributed by atoms with Crippen LogP contribution in [0, 0.1) is 0 Å². The highest BCUT2D eigenvalue weighted by Crippen LogP contribution is 2.08. The number of hydrogen-bond donors (Lipinski definition) is 11. The Kier molecular flexibility index (Phi) is 17.4. The van der Waals surface area contributed by atoms with Crippen molar-refractivity contribution in [3.05, 3.63) is 35.9 Å². The van der Waals surface area contributed by atoms with Gasteiger partial charge in [0.1, 0.15) is 18.1 Å². The molecule has 4 unspecified atom stereocenters. The van der Waals surface area contributed by atoms with E-state index in [1.807, 2.05) is 0 Å². The molecule has 18 nitrogen and oxygen atoms in total. The predicted molar refractivity (Wildman–Crippen MR) is 171 cm³/mol. The summed E-state index contributed by atoms with van der Waals surface area (Å²) in [6.45, 7) is 0.598. The molecule has 0 aliphatic carbocycles. The van der Waals surface area contributed by atoms with Crippen molar-refractivity contribution in [2.75, 3.05) is 19.6 Å². The molecule has 0 spiro atoms. The van der Waals surface area contributed by atoms with E-state index >= 15 is 0 Å². The Morgan fingerprint density at radius 1 is 0.622 bits per heavy atom. The largest absolute Gasteiger partial charge is 0.480 e. The number of aliphatic imine (C=N–C) groups is 3. The van der Waals surface area contributed by atoms with Crippen LogP contribution in [-0.4, -0.2) is 90.5 Å². The molecule has 1 rings (SSSR count). The molecular weight excluding hydrogens is 586 g/mol. The van der Waals surface area contributed by atoms with E-state index in [4.69, 9.17) is 40.1 Å². The maximum atomic E-state index is 13.5. The fraction of sp³-hybridized carbons (Fsp3) is 0.519. The molecule has 0 saturated carbocycles. The number of carbonyl (C=O) groups is 4. The van der Waals surface area contributed by atoms with Gasteiger partial charge < -0.3 is 61.2 Å². The molecule has 45 heavy (non-hydrogen) atoms. The first-order valence-electron chi connectivity index (χ1n) is 14.4. The van der Waals surface area contributed by atoms with Gasteiger partial charge in [-0.2, -0.15) is 0 Å². The van der Waals surface area contributed by atoms with Crippen LogP contribution in [0.1, 0.15) is 44.1 Å². The third-order valence-corrected chi connectivity index (χ3v) is 6.36. The lowest BCUT2D eigenvalue weighted by Crippen LogP contribution is -2.57. The van der Waals surface area contributed by atoms with E-state index in [0.717, 1.165) is 0 Å². The second-order valence-electron chi connectivity index (χ2n) is 10.2. The van der Waals surface area contributed by atoms with E-state index in [-0.39, 0.29) is 69.6 Å². The Morgan fingerprint density at radius 3 is 1.44 bits per heavy atom. The van der Waals surface area contributed by atoms with Gasteiger partial charge in [0.25, 0.3) is 0 Å². The highest BCUT2D eigenvalue weighted by atomic mass is 16.4. The van der Waals surface area contributed by atoms with Crippen molar-refractivity contribution in [3.63, 3.8) is 0 Å². The lowest BCUT2D eigenvalue weighted by atomic mass is 10.0. The number of nitrogens with two attached hydrogens (primary N) is 7. The van der Waals surface area contributed by atoms with E-state index in [0.29, 0.717) is 18.4 Å². The molecule has 3 amide bonds. The Bertz CT molecular complexity index is 1180. The van der Waals surface area contributed by atoms with Gasteiger partial charge in [-0.15, -0.1) is 0 Å². The van der Waals surface area contributed by atoms with Gasteiger partial charge in [0, 0.05) is 26.1 Å². The van der Waals surface area contributed by atoms with Crippen molar-refractivity contribution >= 4 is 41.6 Å². The molecule has 0 aliphatic heterocycles. The molecule has 0 radical (unpaired) electrons. The average Bonchev–Trinajstić information content (AvgIpc) is 2.97. The second-order valence-corrected chi connectivity index (χ2v) is 10.2. The summed E-state index contributed by atoms with van der Waals surface area (Å²) in [6, 6.07) is 4.20. The van der Waals surface area contributed by atoms with Crippen LogP contribution < -0.4 is 56.1 Å². The van der Waals surface area contributed by atoms with Gasteiger partial charge in [-0.1, -0.05) is 30.3 Å². The van der Waals surface area contributed by atoms with Crippen molar-refractivity contribution in [1.82, 2.24) is 16.0 Å². The van der Waals surface area contributed by atoms with Gasteiger partial charge >= 0.3 is 5.97 Å². The smallest absolute Gasteiger partial charge is 0.326 e. The molecule has 0 fully saturated rings. The normalized spacial score (nSPS) is 13.2. The number of aliphatic carboxylic acids is 1. The van der Waals surface area contributed by atoms with Crippen molar-refractivity contribution < 1.29 is 24.3 Å². The van der Waals surface area contributed by atoms with Gasteiger partial charge in [0.05, 0.1) is 6.04 Å². The molecule has 4 atom stereocenters. The highest BCUT2D eigenvalue weighted by Gasteiger charge is 2.30. The van der Waals surface area contributed by atoms with Crippen molar-refractivity contribution in [1.29, 1.82) is 0 Å². The van der Waals surface area contributed by atoms with E-state index < -0.39 is 47.9 Å². The zero-order valence-electron chi connectivity index (χ0n) is 25.2. The van der Waals surface area contributed by atoms with E-state index in [1.54, 1.807) is 30.3 Å². The van der Waals surface area contributed by atoms with E-state index in [1.165, 1.54) is 0 Å². The van der Waals surface area contributed by atoms with Gasteiger partial charge in [-0.05, 0) is 44.1 Å². The van der Waals surface area contributed by atoms with Crippen molar-refractivity contribution in [2.45, 2.75) is 69.1 Å². The maximum absolute atomic E-state index is 13.5. The predicted octanol–water partition coefficient (Wildman–Crippen LogP) is -3.74. The summed E-state index contributed by atoms with van der Waals surface area (Å²) in [7, 11) is 0. The number of nitrogens with one attached hydrogen (secondary N) is 3. The van der Waals surface area contributed by atoms with Crippen LogP contribution in [0.15, 0.2) is 45.3 Å². The number of carbonyl (C=O) groups excluding carboxylic acids is 3. The molecule has 1 aromatic rings. The molecule has 18 heteroatoms. The number of guanidine groups is 3. The number of benzene rings is 1. The minimum Gasteiger partial charge on any atom is -0.480 e. The van der Waals surface area contributed by atoms with Crippen LogP contribution in [0.25, 0.3) is 0 Å². The first-order chi connectivity index (χ1) is 21.3. The first-order valence-corrected chi connectivity index (χ1v) is 14.4. The van der Waals surface area contributed by atoms with Gasteiger partial charge in [0.2, 0.25) is 17.7 Å².